The molecular weight excluding hydrogens is 236 g/mol. The third kappa shape index (κ3) is 3.15. The summed E-state index contributed by atoms with van der Waals surface area (Å²) in [6.07, 6.45) is 0. The second-order valence-corrected chi connectivity index (χ2v) is 6.12. The average molecular weight is 252 g/mol. The van der Waals surface area contributed by atoms with Gasteiger partial charge in [0.1, 0.15) is 0 Å². The van der Waals surface area contributed by atoms with Crippen LogP contribution in [0.15, 0.2) is 29.6 Å². The molecule has 0 spiro atoms. The first kappa shape index (κ1) is 11.8. The zero-order valence-electron chi connectivity index (χ0n) is 9.27. The zero-order valence-corrected chi connectivity index (χ0v) is 10.9. The lowest BCUT2D eigenvalue weighted by Gasteiger charge is -2.10. The summed E-state index contributed by atoms with van der Waals surface area (Å²) in [7, 11) is 0. The van der Waals surface area contributed by atoms with Gasteiger partial charge in [-0.2, -0.15) is 0 Å². The predicted molar refractivity (Wildman–Crippen MR) is 72.0 cm³/mol. The quantitative estimate of drug-likeness (QED) is 0.858. The molecule has 2 heterocycles. The Kier molecular flexibility index (Phi) is 4.12. The first-order chi connectivity index (χ1) is 7.75. The minimum Gasteiger partial charge on any atom is -0.322 e. The Morgan fingerprint density at radius 2 is 2.25 bits per heavy atom. The molecule has 2 nitrogen and oxygen atoms in total. The molecule has 0 amide bonds. The van der Waals surface area contributed by atoms with E-state index >= 15 is 0 Å². The summed E-state index contributed by atoms with van der Waals surface area (Å²) in [5, 5.41) is 5.46. The highest BCUT2D eigenvalue weighted by Crippen LogP contribution is 2.17. The van der Waals surface area contributed by atoms with E-state index in [0.717, 1.165) is 13.1 Å². The molecule has 0 aliphatic heterocycles. The highest BCUT2D eigenvalue weighted by Gasteiger charge is 2.06. The summed E-state index contributed by atoms with van der Waals surface area (Å²) >= 11 is 3.56. The van der Waals surface area contributed by atoms with Crippen molar-refractivity contribution < 1.29 is 0 Å². The van der Waals surface area contributed by atoms with E-state index in [1.54, 1.807) is 11.3 Å². The van der Waals surface area contributed by atoms with Gasteiger partial charge in [-0.3, -0.25) is 0 Å². The van der Waals surface area contributed by atoms with E-state index in [9.17, 15) is 0 Å². The molecule has 0 saturated heterocycles. The molecule has 3 N–H and O–H groups in total. The summed E-state index contributed by atoms with van der Waals surface area (Å²) in [5.41, 5.74) is 6.06. The van der Waals surface area contributed by atoms with Crippen LogP contribution in [0.3, 0.4) is 0 Å². The average Bonchev–Trinajstić information content (AvgIpc) is 2.89. The first-order valence-electron chi connectivity index (χ1n) is 5.31. The fraction of sp³-hybridized carbons (Fsp3) is 0.333. The second-order valence-electron chi connectivity index (χ2n) is 3.77. The summed E-state index contributed by atoms with van der Waals surface area (Å²) in [5.74, 6) is 0. The molecule has 0 saturated carbocycles. The second kappa shape index (κ2) is 5.59. The van der Waals surface area contributed by atoms with Crippen LogP contribution in [0, 0.1) is 6.92 Å². The van der Waals surface area contributed by atoms with Crippen LogP contribution in [0.4, 0.5) is 0 Å². The lowest BCUT2D eigenvalue weighted by molar-refractivity contribution is 0.608. The third-order valence-electron chi connectivity index (χ3n) is 2.37. The van der Waals surface area contributed by atoms with Crippen molar-refractivity contribution in [3.8, 4) is 0 Å². The Balaban J connectivity index is 1.76. The fourth-order valence-electron chi connectivity index (χ4n) is 1.53. The van der Waals surface area contributed by atoms with Crippen molar-refractivity contribution in [2.45, 2.75) is 19.5 Å². The summed E-state index contributed by atoms with van der Waals surface area (Å²) in [6, 6.07) is 8.57. The molecule has 1 unspecified atom stereocenters. The number of aryl methyl sites for hydroxylation is 1. The SMILES string of the molecule is Cc1ccc(CNCC(N)c2cccs2)s1. The van der Waals surface area contributed by atoms with Gasteiger partial charge >= 0.3 is 0 Å². The maximum Gasteiger partial charge on any atom is 0.0516 e. The van der Waals surface area contributed by atoms with Crippen LogP contribution in [0.1, 0.15) is 20.7 Å². The Morgan fingerprint density at radius 3 is 2.88 bits per heavy atom. The molecule has 2 rings (SSSR count). The molecule has 1 atom stereocenters. The van der Waals surface area contributed by atoms with Gasteiger partial charge in [-0.1, -0.05) is 6.07 Å². The minimum absolute atomic E-state index is 0.112. The first-order valence-corrected chi connectivity index (χ1v) is 7.00. The van der Waals surface area contributed by atoms with Crippen molar-refractivity contribution in [1.29, 1.82) is 0 Å². The fourth-order valence-corrected chi connectivity index (χ4v) is 3.12. The van der Waals surface area contributed by atoms with Crippen molar-refractivity contribution in [2.75, 3.05) is 6.54 Å². The number of rotatable bonds is 5. The molecule has 2 aromatic rings. The predicted octanol–water partition coefficient (Wildman–Crippen LogP) is 2.91. The maximum absolute atomic E-state index is 6.06. The number of thiophene rings is 2. The lowest BCUT2D eigenvalue weighted by Crippen LogP contribution is -2.25. The van der Waals surface area contributed by atoms with Gasteiger partial charge in [0.25, 0.3) is 0 Å². The summed E-state index contributed by atoms with van der Waals surface area (Å²) in [4.78, 5) is 3.98. The number of hydrogen-bond donors (Lipinski definition) is 2. The Bertz CT molecular complexity index is 420. The van der Waals surface area contributed by atoms with Crippen LogP contribution in [-0.2, 0) is 6.54 Å². The third-order valence-corrected chi connectivity index (χ3v) is 4.37. The Hall–Kier alpha value is -0.680. The smallest absolute Gasteiger partial charge is 0.0516 e. The van der Waals surface area contributed by atoms with E-state index in [4.69, 9.17) is 5.73 Å². The van der Waals surface area contributed by atoms with Crippen LogP contribution in [0.25, 0.3) is 0 Å². The molecule has 0 aliphatic carbocycles. The Morgan fingerprint density at radius 1 is 1.38 bits per heavy atom. The van der Waals surface area contributed by atoms with Crippen LogP contribution in [0.5, 0.6) is 0 Å². The molecule has 2 aromatic heterocycles. The van der Waals surface area contributed by atoms with Crippen LogP contribution >= 0.6 is 22.7 Å². The summed E-state index contributed by atoms with van der Waals surface area (Å²) < 4.78 is 0. The molecule has 0 aliphatic rings. The molecule has 0 radical (unpaired) electrons. The largest absolute Gasteiger partial charge is 0.322 e. The van der Waals surface area contributed by atoms with Gasteiger partial charge in [0.2, 0.25) is 0 Å². The van der Waals surface area contributed by atoms with Crippen LogP contribution in [-0.4, -0.2) is 6.54 Å². The van der Waals surface area contributed by atoms with Gasteiger partial charge in [0.05, 0.1) is 6.04 Å². The molecular formula is C12H16N2S2. The highest BCUT2D eigenvalue weighted by atomic mass is 32.1. The number of hydrogen-bond acceptors (Lipinski definition) is 4. The maximum atomic E-state index is 6.06. The van der Waals surface area contributed by atoms with Crippen molar-refractivity contribution in [2.24, 2.45) is 5.73 Å². The van der Waals surface area contributed by atoms with Crippen molar-refractivity contribution in [3.63, 3.8) is 0 Å². The van der Waals surface area contributed by atoms with Crippen molar-refractivity contribution >= 4 is 22.7 Å². The van der Waals surface area contributed by atoms with E-state index < -0.39 is 0 Å². The van der Waals surface area contributed by atoms with Gasteiger partial charge in [0.15, 0.2) is 0 Å². The van der Waals surface area contributed by atoms with Crippen molar-refractivity contribution in [1.82, 2.24) is 5.32 Å². The Labute approximate surface area is 104 Å². The van der Waals surface area contributed by atoms with Gasteiger partial charge in [-0.25, -0.2) is 0 Å². The zero-order chi connectivity index (χ0) is 11.4. The monoisotopic (exact) mass is 252 g/mol. The van der Waals surface area contributed by atoms with Crippen molar-refractivity contribution in [3.05, 3.63) is 44.3 Å². The number of nitrogens with one attached hydrogen (secondary N) is 1. The van der Waals surface area contributed by atoms with E-state index in [1.165, 1.54) is 14.6 Å². The van der Waals surface area contributed by atoms with E-state index in [0.29, 0.717) is 0 Å². The molecule has 4 heteroatoms. The standard InChI is InChI=1S/C12H16N2S2/c1-9-4-5-10(16-9)7-14-8-11(13)12-3-2-6-15-12/h2-6,11,14H,7-8,13H2,1H3. The van der Waals surface area contributed by atoms with Gasteiger partial charge in [-0.15, -0.1) is 22.7 Å². The lowest BCUT2D eigenvalue weighted by atomic mass is 10.2. The number of nitrogens with two attached hydrogens (primary N) is 1. The minimum atomic E-state index is 0.112. The van der Waals surface area contributed by atoms with E-state index in [2.05, 4.69) is 35.8 Å². The molecule has 86 valence electrons. The van der Waals surface area contributed by atoms with E-state index in [-0.39, 0.29) is 6.04 Å². The normalized spacial score (nSPS) is 12.9. The molecule has 0 aromatic carbocycles. The molecule has 0 bridgehead atoms. The highest BCUT2D eigenvalue weighted by molar-refractivity contribution is 7.11. The van der Waals surface area contributed by atoms with Gasteiger partial charge in [-0.05, 0) is 30.5 Å². The van der Waals surface area contributed by atoms with E-state index in [1.807, 2.05) is 17.4 Å². The van der Waals surface area contributed by atoms with Crippen LogP contribution in [0.2, 0.25) is 0 Å². The van der Waals surface area contributed by atoms with Gasteiger partial charge in [0, 0.05) is 27.7 Å². The molecule has 16 heavy (non-hydrogen) atoms. The van der Waals surface area contributed by atoms with Crippen LogP contribution < -0.4 is 11.1 Å². The molecule has 0 fully saturated rings. The van der Waals surface area contributed by atoms with Gasteiger partial charge < -0.3 is 11.1 Å². The summed E-state index contributed by atoms with van der Waals surface area (Å²) in [6.45, 7) is 3.88. The topological polar surface area (TPSA) is 38.0 Å².